The number of oxime groups is 1. The Morgan fingerprint density at radius 2 is 1.19 bits per heavy atom. The van der Waals surface area contributed by atoms with Gasteiger partial charge in [0.05, 0.1) is 18.9 Å². The van der Waals surface area contributed by atoms with Gasteiger partial charge in [-0.25, -0.2) is 0 Å². The molecule has 3 heterocycles. The quantitative estimate of drug-likeness (QED) is 0.0725. The number of piperazine rings is 2. The summed E-state index contributed by atoms with van der Waals surface area (Å²) in [4.78, 5) is 14.7. The summed E-state index contributed by atoms with van der Waals surface area (Å²) in [5, 5.41) is 7.70. The van der Waals surface area contributed by atoms with Crippen molar-refractivity contribution in [2.75, 3.05) is 102 Å². The SMILES string of the molecule is C=C/C(CCOCCCN1CCN(c2ccccc2)CC1)=N\OC.CC.CC.CC.c1ccc(N2CCN(CCCCOCc3ccon3)CC2)cc1. The van der Waals surface area contributed by atoms with E-state index < -0.39 is 0 Å². The zero-order valence-corrected chi connectivity index (χ0v) is 34.3. The highest BCUT2D eigenvalue weighted by atomic mass is 16.6. The minimum atomic E-state index is 0.548. The summed E-state index contributed by atoms with van der Waals surface area (Å²) in [6, 6.07) is 23.2. The second-order valence-corrected chi connectivity index (χ2v) is 11.8. The predicted octanol–water partition coefficient (Wildman–Crippen LogP) is 8.67. The van der Waals surface area contributed by atoms with Crippen molar-refractivity contribution in [1.82, 2.24) is 15.0 Å². The maximum Gasteiger partial charge on any atom is 0.124 e. The molecule has 53 heavy (non-hydrogen) atoms. The molecule has 3 aromatic rings. The average Bonchev–Trinajstić information content (AvgIpc) is 3.77. The van der Waals surface area contributed by atoms with E-state index in [1.54, 1.807) is 19.4 Å². The Morgan fingerprint density at radius 1 is 0.679 bits per heavy atom. The Morgan fingerprint density at radius 3 is 1.66 bits per heavy atom. The van der Waals surface area contributed by atoms with Crippen LogP contribution < -0.4 is 9.80 Å². The van der Waals surface area contributed by atoms with Gasteiger partial charge in [-0.1, -0.05) is 94.8 Å². The summed E-state index contributed by atoms with van der Waals surface area (Å²) < 4.78 is 16.0. The van der Waals surface area contributed by atoms with Gasteiger partial charge in [-0.05, 0) is 56.1 Å². The van der Waals surface area contributed by atoms with Crippen molar-refractivity contribution in [3.63, 3.8) is 0 Å². The van der Waals surface area contributed by atoms with Gasteiger partial charge in [0, 0.05) is 96.0 Å². The highest BCUT2D eigenvalue weighted by molar-refractivity contribution is 5.94. The van der Waals surface area contributed by atoms with E-state index in [1.165, 1.54) is 17.8 Å². The molecule has 0 radical (unpaired) electrons. The van der Waals surface area contributed by atoms with Gasteiger partial charge in [-0.3, -0.25) is 9.80 Å². The number of para-hydroxylation sites is 2. The number of anilines is 2. The highest BCUT2D eigenvalue weighted by Crippen LogP contribution is 2.17. The molecule has 0 spiro atoms. The van der Waals surface area contributed by atoms with Crippen molar-refractivity contribution in [1.29, 1.82) is 0 Å². The normalized spacial score (nSPS) is 14.6. The second kappa shape index (κ2) is 32.9. The van der Waals surface area contributed by atoms with Crippen LogP contribution in [-0.2, 0) is 20.9 Å². The fourth-order valence-electron chi connectivity index (χ4n) is 5.74. The molecule has 0 bridgehead atoms. The molecule has 5 rings (SSSR count). The lowest BCUT2D eigenvalue weighted by Crippen LogP contribution is -2.46. The van der Waals surface area contributed by atoms with Crippen molar-refractivity contribution >= 4 is 17.1 Å². The van der Waals surface area contributed by atoms with Crippen LogP contribution in [0, 0.1) is 0 Å². The van der Waals surface area contributed by atoms with E-state index in [1.807, 2.05) is 47.6 Å². The Kier molecular flexibility index (Phi) is 29.4. The van der Waals surface area contributed by atoms with Crippen molar-refractivity contribution in [3.05, 3.63) is 91.3 Å². The molecule has 2 aliphatic rings. The molecule has 0 saturated carbocycles. The Balaban J connectivity index is 0.000000465. The molecule has 0 amide bonds. The summed E-state index contributed by atoms with van der Waals surface area (Å²) >= 11 is 0. The minimum Gasteiger partial charge on any atom is -0.399 e. The van der Waals surface area contributed by atoms with E-state index >= 15 is 0 Å². The number of benzene rings is 2. The summed E-state index contributed by atoms with van der Waals surface area (Å²) in [7, 11) is 1.54. The molecule has 0 N–H and O–H groups in total. The number of nitrogens with zero attached hydrogens (tertiary/aromatic N) is 6. The van der Waals surface area contributed by atoms with Crippen molar-refractivity contribution in [3.8, 4) is 0 Å². The molecule has 2 fully saturated rings. The van der Waals surface area contributed by atoms with Crippen LogP contribution in [0.2, 0.25) is 0 Å². The molecule has 0 unspecified atom stereocenters. The second-order valence-electron chi connectivity index (χ2n) is 11.8. The van der Waals surface area contributed by atoms with Crippen molar-refractivity contribution in [2.24, 2.45) is 5.16 Å². The van der Waals surface area contributed by atoms with E-state index in [4.69, 9.17) is 18.8 Å². The minimum absolute atomic E-state index is 0.548. The van der Waals surface area contributed by atoms with Gasteiger partial charge < -0.3 is 28.6 Å². The number of allylic oxidation sites excluding steroid dienone is 1. The van der Waals surface area contributed by atoms with Gasteiger partial charge in [0.15, 0.2) is 0 Å². The third-order valence-electron chi connectivity index (χ3n) is 8.45. The van der Waals surface area contributed by atoms with Gasteiger partial charge in [0.1, 0.15) is 19.1 Å². The summed E-state index contributed by atoms with van der Waals surface area (Å²) in [6.07, 6.45) is 7.37. The molecular weight excluding hydrogens is 665 g/mol. The molecule has 2 saturated heterocycles. The summed E-state index contributed by atoms with van der Waals surface area (Å²) in [5.74, 6) is 0. The number of aromatic nitrogens is 1. The standard InChI is InChI=1S/C19H29N3O2.C18H25N3O2.3C2H6/c1-3-18(20-23-2)10-17-24-16-7-11-21-12-14-22(15-13-21)19-8-5-4-6-9-19;1-2-6-18(7-3-1)21-12-10-20(11-13-21)9-4-5-14-22-16-17-8-15-23-19-17;3*1-2/h3-6,8-9H,1,7,10-17H2,2H3;1-3,6-8,15H,4-5,9-14,16H2;3*1-2H3/b20-18+;;;;. The molecule has 2 aromatic carbocycles. The summed E-state index contributed by atoms with van der Waals surface area (Å²) in [5.41, 5.74) is 4.36. The van der Waals surface area contributed by atoms with Crippen molar-refractivity contribution < 1.29 is 18.8 Å². The number of hydrogen-bond acceptors (Lipinski definition) is 10. The molecule has 10 nitrogen and oxygen atoms in total. The number of rotatable bonds is 18. The zero-order valence-electron chi connectivity index (χ0n) is 34.3. The van der Waals surface area contributed by atoms with E-state index in [2.05, 4.69) is 97.2 Å². The summed E-state index contributed by atoms with van der Waals surface area (Å²) in [6.45, 7) is 29.7. The maximum absolute atomic E-state index is 5.67. The molecule has 2 aliphatic heterocycles. The molecular formula is C43H72N6O4. The van der Waals surface area contributed by atoms with Gasteiger partial charge in [0.25, 0.3) is 0 Å². The molecule has 10 heteroatoms. The van der Waals surface area contributed by atoms with Gasteiger partial charge in [0.2, 0.25) is 0 Å². The molecule has 298 valence electrons. The largest absolute Gasteiger partial charge is 0.399 e. The third kappa shape index (κ3) is 21.0. The van der Waals surface area contributed by atoms with Crippen LogP contribution >= 0.6 is 0 Å². The first-order valence-electron chi connectivity index (χ1n) is 20.1. The van der Waals surface area contributed by atoms with E-state index in [0.29, 0.717) is 13.2 Å². The first-order chi connectivity index (χ1) is 26.2. The van der Waals surface area contributed by atoms with Crippen LogP contribution in [0.5, 0.6) is 0 Å². The zero-order chi connectivity index (χ0) is 38.8. The van der Waals surface area contributed by atoms with Crippen LogP contribution in [0.1, 0.15) is 72.9 Å². The number of unbranched alkanes of at least 4 members (excludes halogenated alkanes) is 1. The predicted molar refractivity (Wildman–Crippen MR) is 224 cm³/mol. The fourth-order valence-corrected chi connectivity index (χ4v) is 5.74. The Labute approximate surface area is 322 Å². The monoisotopic (exact) mass is 737 g/mol. The van der Waals surface area contributed by atoms with E-state index in [9.17, 15) is 0 Å². The Bertz CT molecular complexity index is 1230. The fraction of sp³-hybridized carbons (Fsp3) is 0.581. The first kappa shape index (κ1) is 47.3. The Hall–Kier alpha value is -3.70. The molecule has 1 aromatic heterocycles. The number of hydrogen-bond donors (Lipinski definition) is 0. The third-order valence-corrected chi connectivity index (χ3v) is 8.45. The van der Waals surface area contributed by atoms with Crippen LogP contribution in [0.3, 0.4) is 0 Å². The van der Waals surface area contributed by atoms with Crippen molar-refractivity contribution in [2.45, 2.75) is 73.8 Å². The lowest BCUT2D eigenvalue weighted by Gasteiger charge is -2.36. The van der Waals surface area contributed by atoms with Gasteiger partial charge in [-0.15, -0.1) is 0 Å². The average molecular weight is 737 g/mol. The number of ether oxygens (including phenoxy) is 2. The lowest BCUT2D eigenvalue weighted by molar-refractivity contribution is 0.109. The van der Waals surface area contributed by atoms with Gasteiger partial charge in [-0.2, -0.15) is 0 Å². The lowest BCUT2D eigenvalue weighted by atomic mass is 10.2. The first-order valence-corrected chi connectivity index (χ1v) is 20.1. The van der Waals surface area contributed by atoms with Gasteiger partial charge >= 0.3 is 0 Å². The van der Waals surface area contributed by atoms with Crippen LogP contribution in [-0.4, -0.2) is 113 Å². The molecule has 0 atom stereocenters. The van der Waals surface area contributed by atoms with E-state index in [-0.39, 0.29) is 0 Å². The van der Waals surface area contributed by atoms with E-state index in [0.717, 1.165) is 109 Å². The highest BCUT2D eigenvalue weighted by Gasteiger charge is 2.17. The topological polar surface area (TPSA) is 79.0 Å². The molecule has 0 aliphatic carbocycles. The van der Waals surface area contributed by atoms with Crippen LogP contribution in [0.25, 0.3) is 0 Å². The maximum atomic E-state index is 5.67. The smallest absolute Gasteiger partial charge is 0.124 e. The van der Waals surface area contributed by atoms with Crippen LogP contribution in [0.15, 0.2) is 95.3 Å². The van der Waals surface area contributed by atoms with Crippen LogP contribution in [0.4, 0.5) is 11.4 Å².